The molecule has 0 aliphatic carbocycles. The van der Waals surface area contributed by atoms with E-state index >= 15 is 0 Å². The molecule has 0 spiro atoms. The fourth-order valence-electron chi connectivity index (χ4n) is 0.976. The number of hydrogen-bond acceptors (Lipinski definition) is 3. The second kappa shape index (κ2) is 4.37. The Balaban J connectivity index is 3.13. The molecule has 0 radical (unpaired) electrons. The minimum absolute atomic E-state index is 0.0388. The SMILES string of the molecule is CCC(=O)c1ccc(Br)nc1OC. The highest BCUT2D eigenvalue weighted by molar-refractivity contribution is 9.10. The molecule has 1 heterocycles. The van der Waals surface area contributed by atoms with Crippen molar-refractivity contribution in [1.29, 1.82) is 0 Å². The summed E-state index contributed by atoms with van der Waals surface area (Å²) >= 11 is 3.21. The molecular formula is C9H10BrNO2. The largest absolute Gasteiger partial charge is 0.480 e. The van der Waals surface area contributed by atoms with Gasteiger partial charge >= 0.3 is 0 Å². The number of nitrogens with zero attached hydrogens (tertiary/aromatic N) is 1. The predicted octanol–water partition coefficient (Wildman–Crippen LogP) is 2.45. The molecule has 0 bridgehead atoms. The average molecular weight is 244 g/mol. The number of methoxy groups -OCH3 is 1. The molecule has 1 aromatic rings. The average Bonchev–Trinajstić information content (AvgIpc) is 2.16. The second-order valence-electron chi connectivity index (χ2n) is 2.47. The summed E-state index contributed by atoms with van der Waals surface area (Å²) < 4.78 is 5.65. The van der Waals surface area contributed by atoms with Gasteiger partial charge in [-0.15, -0.1) is 0 Å². The van der Waals surface area contributed by atoms with Gasteiger partial charge in [0, 0.05) is 6.42 Å². The summed E-state index contributed by atoms with van der Waals surface area (Å²) in [6.07, 6.45) is 0.458. The van der Waals surface area contributed by atoms with Crippen molar-refractivity contribution in [1.82, 2.24) is 4.98 Å². The van der Waals surface area contributed by atoms with Gasteiger partial charge < -0.3 is 4.74 Å². The third kappa shape index (κ3) is 2.28. The van der Waals surface area contributed by atoms with Crippen molar-refractivity contribution in [3.05, 3.63) is 22.3 Å². The number of rotatable bonds is 3. The number of Topliss-reactive ketones (excluding diaryl/α,β-unsaturated/α-hetero) is 1. The third-order valence-electron chi connectivity index (χ3n) is 1.64. The maximum atomic E-state index is 11.4. The minimum Gasteiger partial charge on any atom is -0.480 e. The molecule has 3 nitrogen and oxygen atoms in total. The first-order valence-corrected chi connectivity index (χ1v) is 4.72. The van der Waals surface area contributed by atoms with Gasteiger partial charge in [-0.2, -0.15) is 0 Å². The van der Waals surface area contributed by atoms with Gasteiger partial charge in [-0.05, 0) is 28.1 Å². The van der Waals surface area contributed by atoms with E-state index in [1.807, 2.05) is 6.92 Å². The van der Waals surface area contributed by atoms with Gasteiger partial charge in [0.05, 0.1) is 12.7 Å². The van der Waals surface area contributed by atoms with Gasteiger partial charge in [0.25, 0.3) is 0 Å². The van der Waals surface area contributed by atoms with Crippen LogP contribution in [-0.2, 0) is 0 Å². The van der Waals surface area contributed by atoms with Crippen molar-refractivity contribution in [2.75, 3.05) is 7.11 Å². The first kappa shape index (κ1) is 10.2. The smallest absolute Gasteiger partial charge is 0.225 e. The molecule has 0 saturated heterocycles. The highest BCUT2D eigenvalue weighted by Gasteiger charge is 2.11. The molecule has 1 aromatic heterocycles. The number of hydrogen-bond donors (Lipinski definition) is 0. The van der Waals surface area contributed by atoms with Crippen LogP contribution in [0, 0.1) is 0 Å². The fraction of sp³-hybridized carbons (Fsp3) is 0.333. The highest BCUT2D eigenvalue weighted by Crippen LogP contribution is 2.19. The van der Waals surface area contributed by atoms with E-state index in [1.165, 1.54) is 7.11 Å². The maximum Gasteiger partial charge on any atom is 0.225 e. The van der Waals surface area contributed by atoms with Gasteiger partial charge in [-0.1, -0.05) is 6.92 Å². The number of pyridine rings is 1. The van der Waals surface area contributed by atoms with Crippen molar-refractivity contribution in [2.45, 2.75) is 13.3 Å². The second-order valence-corrected chi connectivity index (χ2v) is 3.28. The molecule has 0 saturated carbocycles. The first-order valence-electron chi connectivity index (χ1n) is 3.92. The van der Waals surface area contributed by atoms with E-state index in [0.717, 1.165) is 0 Å². The summed E-state index contributed by atoms with van der Waals surface area (Å²) in [4.78, 5) is 15.4. The summed E-state index contributed by atoms with van der Waals surface area (Å²) in [7, 11) is 1.50. The Morgan fingerprint density at radius 3 is 2.85 bits per heavy atom. The quantitative estimate of drug-likeness (QED) is 0.605. The number of aromatic nitrogens is 1. The highest BCUT2D eigenvalue weighted by atomic mass is 79.9. The lowest BCUT2D eigenvalue weighted by Gasteiger charge is -2.04. The van der Waals surface area contributed by atoms with Crippen LogP contribution in [0.1, 0.15) is 23.7 Å². The number of ether oxygens (including phenoxy) is 1. The Kier molecular flexibility index (Phi) is 3.42. The molecule has 0 aliphatic heterocycles. The van der Waals surface area contributed by atoms with Crippen LogP contribution < -0.4 is 4.74 Å². The Morgan fingerprint density at radius 2 is 2.31 bits per heavy atom. The van der Waals surface area contributed by atoms with Gasteiger partial charge in [0.2, 0.25) is 5.88 Å². The summed E-state index contributed by atoms with van der Waals surface area (Å²) in [5.74, 6) is 0.415. The topological polar surface area (TPSA) is 39.2 Å². The monoisotopic (exact) mass is 243 g/mol. The third-order valence-corrected chi connectivity index (χ3v) is 2.08. The molecule has 0 aliphatic rings. The van der Waals surface area contributed by atoms with Gasteiger partial charge in [0.15, 0.2) is 5.78 Å². The van der Waals surface area contributed by atoms with Gasteiger partial charge in [0.1, 0.15) is 4.60 Å². The first-order chi connectivity index (χ1) is 6.19. The number of halogens is 1. The van der Waals surface area contributed by atoms with Crippen LogP contribution in [0.25, 0.3) is 0 Å². The summed E-state index contributed by atoms with van der Waals surface area (Å²) in [5, 5.41) is 0. The number of carbonyl (C=O) groups excluding carboxylic acids is 1. The number of carbonyl (C=O) groups is 1. The molecule has 0 fully saturated rings. The minimum atomic E-state index is 0.0388. The lowest BCUT2D eigenvalue weighted by Crippen LogP contribution is -2.02. The van der Waals surface area contributed by atoms with Crippen molar-refractivity contribution >= 4 is 21.7 Å². The standard InChI is InChI=1S/C9H10BrNO2/c1-3-7(12)6-4-5-8(10)11-9(6)13-2/h4-5H,3H2,1-2H3. The van der Waals surface area contributed by atoms with E-state index in [1.54, 1.807) is 12.1 Å². The van der Waals surface area contributed by atoms with Crippen molar-refractivity contribution in [2.24, 2.45) is 0 Å². The van der Waals surface area contributed by atoms with E-state index in [2.05, 4.69) is 20.9 Å². The van der Waals surface area contributed by atoms with Crippen molar-refractivity contribution < 1.29 is 9.53 Å². The molecule has 70 valence electrons. The van der Waals surface area contributed by atoms with Crippen molar-refractivity contribution in [3.8, 4) is 5.88 Å². The van der Waals surface area contributed by atoms with Crippen molar-refractivity contribution in [3.63, 3.8) is 0 Å². The van der Waals surface area contributed by atoms with Crippen LogP contribution in [0.5, 0.6) is 5.88 Å². The van der Waals surface area contributed by atoms with Crippen LogP contribution in [0.15, 0.2) is 16.7 Å². The molecular weight excluding hydrogens is 234 g/mol. The molecule has 4 heteroatoms. The van der Waals surface area contributed by atoms with E-state index < -0.39 is 0 Å². The van der Waals surface area contributed by atoms with E-state index in [0.29, 0.717) is 22.5 Å². The molecule has 13 heavy (non-hydrogen) atoms. The molecule has 1 rings (SSSR count). The Morgan fingerprint density at radius 1 is 1.62 bits per heavy atom. The van der Waals surface area contributed by atoms with Crippen LogP contribution in [-0.4, -0.2) is 17.9 Å². The summed E-state index contributed by atoms with van der Waals surface area (Å²) in [6.45, 7) is 1.81. The zero-order valence-electron chi connectivity index (χ0n) is 7.50. The Labute approximate surface area is 85.3 Å². The normalized spacial score (nSPS) is 9.77. The van der Waals surface area contributed by atoms with Crippen LogP contribution in [0.2, 0.25) is 0 Å². The Bertz CT molecular complexity index is 325. The molecule has 0 amide bonds. The summed E-state index contributed by atoms with van der Waals surface area (Å²) in [6, 6.07) is 3.44. The van der Waals surface area contributed by atoms with E-state index in [4.69, 9.17) is 4.74 Å². The molecule has 0 N–H and O–H groups in total. The molecule has 0 atom stereocenters. The predicted molar refractivity (Wildman–Crippen MR) is 53.1 cm³/mol. The Hall–Kier alpha value is -0.900. The van der Waals surface area contributed by atoms with Gasteiger partial charge in [-0.3, -0.25) is 4.79 Å². The van der Waals surface area contributed by atoms with E-state index in [9.17, 15) is 4.79 Å². The van der Waals surface area contributed by atoms with Crippen LogP contribution in [0.4, 0.5) is 0 Å². The number of ketones is 1. The fourth-order valence-corrected chi connectivity index (χ4v) is 1.27. The van der Waals surface area contributed by atoms with Crippen LogP contribution >= 0.6 is 15.9 Å². The zero-order chi connectivity index (χ0) is 9.84. The molecule has 0 unspecified atom stereocenters. The molecule has 0 aromatic carbocycles. The van der Waals surface area contributed by atoms with Gasteiger partial charge in [-0.25, -0.2) is 4.98 Å². The maximum absolute atomic E-state index is 11.4. The lowest BCUT2D eigenvalue weighted by atomic mass is 10.1. The zero-order valence-corrected chi connectivity index (χ0v) is 9.09. The summed E-state index contributed by atoms with van der Waals surface area (Å²) in [5.41, 5.74) is 0.535. The lowest BCUT2D eigenvalue weighted by molar-refractivity contribution is 0.0984. The van der Waals surface area contributed by atoms with Crippen LogP contribution in [0.3, 0.4) is 0 Å². The van der Waals surface area contributed by atoms with E-state index in [-0.39, 0.29) is 5.78 Å².